The number of H-pyrrole nitrogens is 1. The Morgan fingerprint density at radius 2 is 2.00 bits per heavy atom. The molecule has 28 heavy (non-hydrogen) atoms. The van der Waals surface area contributed by atoms with Crippen molar-refractivity contribution in [1.82, 2.24) is 34.5 Å². The number of aromatic amines is 1. The first kappa shape index (κ1) is 17.8. The van der Waals surface area contributed by atoms with Gasteiger partial charge in [0.25, 0.3) is 0 Å². The summed E-state index contributed by atoms with van der Waals surface area (Å²) < 4.78 is 8.14. The highest BCUT2D eigenvalue weighted by atomic mass is 16.5. The maximum atomic E-state index is 6.00. The lowest BCUT2D eigenvalue weighted by atomic mass is 10.1. The van der Waals surface area contributed by atoms with Crippen molar-refractivity contribution in [3.63, 3.8) is 0 Å². The van der Waals surface area contributed by atoms with Crippen LogP contribution in [0, 0.1) is 0 Å². The minimum absolute atomic E-state index is 0.0804. The van der Waals surface area contributed by atoms with Gasteiger partial charge < -0.3 is 19.5 Å². The van der Waals surface area contributed by atoms with E-state index in [4.69, 9.17) is 14.8 Å². The summed E-state index contributed by atoms with van der Waals surface area (Å²) in [6.45, 7) is 4.64. The molecule has 3 aromatic rings. The summed E-state index contributed by atoms with van der Waals surface area (Å²) in [4.78, 5) is 17.6. The van der Waals surface area contributed by atoms with E-state index in [1.165, 1.54) is 0 Å². The second-order valence-corrected chi connectivity index (χ2v) is 8.00. The highest BCUT2D eigenvalue weighted by Crippen LogP contribution is 2.32. The Hall–Kier alpha value is -2.29. The maximum Gasteiger partial charge on any atom is 0.181 e. The van der Waals surface area contributed by atoms with Gasteiger partial charge in [-0.1, -0.05) is 0 Å². The number of hydrogen-bond acceptors (Lipinski definition) is 6. The van der Waals surface area contributed by atoms with Crippen molar-refractivity contribution in [3.05, 3.63) is 30.4 Å². The van der Waals surface area contributed by atoms with E-state index in [1.807, 2.05) is 24.5 Å². The molecule has 0 bridgehead atoms. The van der Waals surface area contributed by atoms with Gasteiger partial charge in [0.2, 0.25) is 0 Å². The molecule has 3 aromatic heterocycles. The molecule has 2 fully saturated rings. The largest absolute Gasteiger partial charge is 0.367 e. The number of nitrogens with zero attached hydrogens (tertiary/aromatic N) is 6. The Labute approximate surface area is 164 Å². The molecular weight excluding hydrogens is 354 g/mol. The second-order valence-electron chi connectivity index (χ2n) is 8.00. The molecule has 8 nitrogen and oxygen atoms in total. The van der Waals surface area contributed by atoms with Gasteiger partial charge in [0, 0.05) is 25.5 Å². The van der Waals surface area contributed by atoms with Crippen molar-refractivity contribution >= 4 is 11.0 Å². The predicted octanol–water partition coefficient (Wildman–Crippen LogP) is 2.09. The number of hydrogen-bond donors (Lipinski definition) is 1. The zero-order valence-electron chi connectivity index (χ0n) is 16.5. The Kier molecular flexibility index (Phi) is 4.62. The van der Waals surface area contributed by atoms with Crippen molar-refractivity contribution < 1.29 is 4.74 Å². The van der Waals surface area contributed by atoms with Crippen LogP contribution in [0.2, 0.25) is 0 Å². The third-order valence-corrected chi connectivity index (χ3v) is 5.91. The van der Waals surface area contributed by atoms with Gasteiger partial charge in [-0.3, -0.25) is 4.98 Å². The van der Waals surface area contributed by atoms with E-state index in [9.17, 15) is 0 Å². The van der Waals surface area contributed by atoms with Gasteiger partial charge in [-0.05, 0) is 52.2 Å². The van der Waals surface area contributed by atoms with E-state index in [0.717, 1.165) is 67.3 Å². The Morgan fingerprint density at radius 1 is 1.14 bits per heavy atom. The number of nitrogens with one attached hydrogen (secondary N) is 1. The summed E-state index contributed by atoms with van der Waals surface area (Å²) in [5.74, 6) is 1.68. The fourth-order valence-corrected chi connectivity index (χ4v) is 4.21. The molecule has 0 spiro atoms. The zero-order chi connectivity index (χ0) is 19.1. The first-order chi connectivity index (χ1) is 13.7. The van der Waals surface area contributed by atoms with Gasteiger partial charge in [0.1, 0.15) is 6.10 Å². The Morgan fingerprint density at radius 3 is 2.82 bits per heavy atom. The van der Waals surface area contributed by atoms with Gasteiger partial charge in [-0.2, -0.15) is 5.10 Å². The monoisotopic (exact) mass is 381 g/mol. The quantitative estimate of drug-likeness (QED) is 0.749. The van der Waals surface area contributed by atoms with Gasteiger partial charge in [-0.25, -0.2) is 9.67 Å². The van der Waals surface area contributed by atoms with E-state index in [0.29, 0.717) is 12.6 Å². The SMILES string of the molecule is CN1CCC(n2nc(C3CN(C)CCO3)nc2-c2c[nH]c3cccnc23)CC1. The van der Waals surface area contributed by atoms with Crippen molar-refractivity contribution in [2.45, 2.75) is 25.0 Å². The molecule has 0 saturated carbocycles. The zero-order valence-corrected chi connectivity index (χ0v) is 16.5. The molecule has 5 rings (SSSR count). The number of rotatable bonds is 3. The molecule has 1 unspecified atom stereocenters. The van der Waals surface area contributed by atoms with Crippen LogP contribution in [-0.4, -0.2) is 81.4 Å². The minimum Gasteiger partial charge on any atom is -0.367 e. The van der Waals surface area contributed by atoms with E-state index >= 15 is 0 Å². The van der Waals surface area contributed by atoms with Crippen molar-refractivity contribution in [1.29, 1.82) is 0 Å². The lowest BCUT2D eigenvalue weighted by Gasteiger charge is -2.30. The molecule has 0 aliphatic carbocycles. The summed E-state index contributed by atoms with van der Waals surface area (Å²) in [7, 11) is 4.30. The molecule has 1 atom stereocenters. The topological polar surface area (TPSA) is 75.1 Å². The molecule has 2 aliphatic heterocycles. The van der Waals surface area contributed by atoms with Crippen molar-refractivity contribution in [2.24, 2.45) is 0 Å². The van der Waals surface area contributed by atoms with Crippen molar-refractivity contribution in [2.75, 3.05) is 46.9 Å². The molecule has 0 amide bonds. The lowest BCUT2D eigenvalue weighted by Crippen LogP contribution is -2.36. The van der Waals surface area contributed by atoms with Crippen LogP contribution in [0.3, 0.4) is 0 Å². The van der Waals surface area contributed by atoms with Gasteiger partial charge >= 0.3 is 0 Å². The van der Waals surface area contributed by atoms with Crippen LogP contribution in [0.1, 0.15) is 30.8 Å². The third kappa shape index (κ3) is 3.21. The minimum atomic E-state index is -0.0804. The predicted molar refractivity (Wildman–Crippen MR) is 107 cm³/mol. The lowest BCUT2D eigenvalue weighted by molar-refractivity contribution is -0.0256. The molecule has 2 aliphatic rings. The first-order valence-electron chi connectivity index (χ1n) is 10.1. The fourth-order valence-electron chi connectivity index (χ4n) is 4.21. The van der Waals surface area contributed by atoms with E-state index in [-0.39, 0.29) is 6.10 Å². The molecular formula is C20H27N7O. The fraction of sp³-hybridized carbons (Fsp3) is 0.550. The smallest absolute Gasteiger partial charge is 0.181 e. The number of piperidine rings is 1. The molecule has 0 aromatic carbocycles. The number of aromatic nitrogens is 5. The molecule has 5 heterocycles. The van der Waals surface area contributed by atoms with E-state index < -0.39 is 0 Å². The van der Waals surface area contributed by atoms with Gasteiger partial charge in [0.15, 0.2) is 11.6 Å². The first-order valence-corrected chi connectivity index (χ1v) is 10.1. The van der Waals surface area contributed by atoms with Crippen molar-refractivity contribution in [3.8, 4) is 11.4 Å². The molecule has 1 N–H and O–H groups in total. The standard InChI is InChI=1S/C20H27N7O/c1-25-8-5-14(6-9-25)27-20(15-12-22-16-4-3-7-21-18(15)16)23-19(24-27)17-13-26(2)10-11-28-17/h3-4,7,12,14,17,22H,5-6,8-11,13H2,1-2H3. The normalized spacial score (nSPS) is 22.9. The number of ether oxygens (including phenoxy) is 1. The maximum absolute atomic E-state index is 6.00. The highest BCUT2D eigenvalue weighted by molar-refractivity contribution is 5.90. The second kappa shape index (κ2) is 7.27. The molecule has 2 saturated heterocycles. The number of pyridine rings is 1. The Bertz CT molecular complexity index is 957. The van der Waals surface area contributed by atoms with Crippen LogP contribution in [0.4, 0.5) is 0 Å². The number of likely N-dealkylation sites (N-methyl/N-ethyl adjacent to an activating group) is 1. The molecule has 0 radical (unpaired) electrons. The van der Waals surface area contributed by atoms with Crippen LogP contribution in [0.15, 0.2) is 24.5 Å². The van der Waals surface area contributed by atoms with Crippen LogP contribution >= 0.6 is 0 Å². The van der Waals surface area contributed by atoms with Gasteiger partial charge in [-0.15, -0.1) is 0 Å². The summed E-state index contributed by atoms with van der Waals surface area (Å²) in [5.41, 5.74) is 2.97. The number of morpholine rings is 1. The number of fused-ring (bicyclic) bond motifs is 1. The van der Waals surface area contributed by atoms with Crippen LogP contribution in [0.25, 0.3) is 22.4 Å². The molecule has 8 heteroatoms. The summed E-state index contributed by atoms with van der Waals surface area (Å²) in [5, 5.41) is 4.97. The van der Waals surface area contributed by atoms with Crippen LogP contribution in [0.5, 0.6) is 0 Å². The highest BCUT2D eigenvalue weighted by Gasteiger charge is 2.29. The Balaban J connectivity index is 1.57. The van der Waals surface area contributed by atoms with Gasteiger partial charge in [0.05, 0.1) is 29.2 Å². The average molecular weight is 381 g/mol. The summed E-state index contributed by atoms with van der Waals surface area (Å²) >= 11 is 0. The third-order valence-electron chi connectivity index (χ3n) is 5.91. The van der Waals surface area contributed by atoms with Crippen LogP contribution < -0.4 is 0 Å². The molecule has 148 valence electrons. The summed E-state index contributed by atoms with van der Waals surface area (Å²) in [6.07, 6.45) is 5.91. The van der Waals surface area contributed by atoms with Crippen LogP contribution in [-0.2, 0) is 4.74 Å². The average Bonchev–Trinajstić information content (AvgIpc) is 3.33. The van der Waals surface area contributed by atoms with E-state index in [2.05, 4.69) is 38.5 Å². The number of likely N-dealkylation sites (tertiary alicyclic amines) is 1. The summed E-state index contributed by atoms with van der Waals surface area (Å²) in [6, 6.07) is 4.34. The van der Waals surface area contributed by atoms with E-state index in [1.54, 1.807) is 0 Å².